The lowest BCUT2D eigenvalue weighted by Gasteiger charge is -2.26. The van der Waals surface area contributed by atoms with E-state index in [1.54, 1.807) is 7.11 Å². The SMILES string of the molecule is COCCn1cc(NC(C)C2CC3C=CC2C3)cn1. The van der Waals surface area contributed by atoms with Crippen LogP contribution in [-0.4, -0.2) is 29.5 Å². The van der Waals surface area contributed by atoms with E-state index in [4.69, 9.17) is 4.74 Å². The van der Waals surface area contributed by atoms with Crippen molar-refractivity contribution in [3.05, 3.63) is 24.5 Å². The zero-order chi connectivity index (χ0) is 13.2. The molecule has 0 saturated heterocycles. The van der Waals surface area contributed by atoms with E-state index in [2.05, 4.69) is 35.7 Å². The van der Waals surface area contributed by atoms with Crippen molar-refractivity contribution in [1.82, 2.24) is 9.78 Å². The zero-order valence-corrected chi connectivity index (χ0v) is 11.7. The van der Waals surface area contributed by atoms with Crippen molar-refractivity contribution in [1.29, 1.82) is 0 Å². The van der Waals surface area contributed by atoms with Crippen LogP contribution in [0.5, 0.6) is 0 Å². The maximum atomic E-state index is 5.06. The summed E-state index contributed by atoms with van der Waals surface area (Å²) in [7, 11) is 1.72. The van der Waals surface area contributed by atoms with Crippen molar-refractivity contribution in [2.24, 2.45) is 17.8 Å². The molecule has 4 heteroatoms. The summed E-state index contributed by atoms with van der Waals surface area (Å²) in [4.78, 5) is 0. The van der Waals surface area contributed by atoms with E-state index in [9.17, 15) is 0 Å². The molecule has 0 spiro atoms. The number of aromatic nitrogens is 2. The third kappa shape index (κ3) is 2.68. The number of anilines is 1. The second-order valence-corrected chi connectivity index (χ2v) is 5.86. The third-order valence-corrected chi connectivity index (χ3v) is 4.52. The molecule has 2 aliphatic rings. The molecule has 19 heavy (non-hydrogen) atoms. The molecule has 0 aromatic carbocycles. The highest BCUT2D eigenvalue weighted by Gasteiger charge is 2.38. The number of fused-ring (bicyclic) bond motifs is 2. The van der Waals surface area contributed by atoms with E-state index in [-0.39, 0.29) is 0 Å². The Hall–Kier alpha value is -1.29. The summed E-state index contributed by atoms with van der Waals surface area (Å²) in [5.41, 5.74) is 1.12. The highest BCUT2D eigenvalue weighted by atomic mass is 16.5. The fraction of sp³-hybridized carbons (Fsp3) is 0.667. The quantitative estimate of drug-likeness (QED) is 0.800. The topological polar surface area (TPSA) is 39.1 Å². The van der Waals surface area contributed by atoms with Gasteiger partial charge in [0.25, 0.3) is 0 Å². The Morgan fingerprint density at radius 2 is 2.37 bits per heavy atom. The molecule has 1 N–H and O–H groups in total. The molecule has 4 atom stereocenters. The molecule has 2 aliphatic carbocycles. The van der Waals surface area contributed by atoms with Crippen molar-refractivity contribution >= 4 is 5.69 Å². The molecular formula is C15H23N3O. The van der Waals surface area contributed by atoms with Crippen molar-refractivity contribution in [3.8, 4) is 0 Å². The number of ether oxygens (including phenoxy) is 1. The van der Waals surface area contributed by atoms with Gasteiger partial charge in [0.2, 0.25) is 0 Å². The molecule has 0 radical (unpaired) electrons. The van der Waals surface area contributed by atoms with Crippen molar-refractivity contribution < 1.29 is 4.74 Å². The van der Waals surface area contributed by atoms with Crippen molar-refractivity contribution in [2.45, 2.75) is 32.4 Å². The Labute approximate surface area is 114 Å². The Morgan fingerprint density at radius 1 is 1.47 bits per heavy atom. The average Bonchev–Trinajstić information content (AvgIpc) is 3.12. The number of methoxy groups -OCH3 is 1. The molecule has 0 aliphatic heterocycles. The first-order chi connectivity index (χ1) is 9.26. The molecule has 4 nitrogen and oxygen atoms in total. The molecular weight excluding hydrogens is 238 g/mol. The van der Waals surface area contributed by atoms with Crippen LogP contribution in [0, 0.1) is 17.8 Å². The smallest absolute Gasteiger partial charge is 0.0728 e. The molecule has 1 heterocycles. The van der Waals surface area contributed by atoms with Crippen LogP contribution < -0.4 is 5.32 Å². The van der Waals surface area contributed by atoms with Crippen LogP contribution in [0.25, 0.3) is 0 Å². The largest absolute Gasteiger partial charge is 0.383 e. The molecule has 0 amide bonds. The van der Waals surface area contributed by atoms with Crippen LogP contribution in [-0.2, 0) is 11.3 Å². The van der Waals surface area contributed by atoms with Crippen LogP contribution in [0.15, 0.2) is 24.5 Å². The number of allylic oxidation sites excluding steroid dienone is 2. The zero-order valence-electron chi connectivity index (χ0n) is 11.7. The summed E-state index contributed by atoms with van der Waals surface area (Å²) in [5, 5.41) is 7.95. The number of nitrogens with one attached hydrogen (secondary N) is 1. The lowest BCUT2D eigenvalue weighted by molar-refractivity contribution is 0.183. The van der Waals surface area contributed by atoms with Crippen LogP contribution in [0.4, 0.5) is 5.69 Å². The van der Waals surface area contributed by atoms with Gasteiger partial charge in [-0.1, -0.05) is 12.2 Å². The van der Waals surface area contributed by atoms with Gasteiger partial charge in [-0.15, -0.1) is 0 Å². The van der Waals surface area contributed by atoms with Gasteiger partial charge in [-0.05, 0) is 37.5 Å². The van der Waals surface area contributed by atoms with Gasteiger partial charge in [-0.2, -0.15) is 5.10 Å². The Bertz CT molecular complexity index is 454. The van der Waals surface area contributed by atoms with Gasteiger partial charge in [-0.3, -0.25) is 4.68 Å². The van der Waals surface area contributed by atoms with Gasteiger partial charge < -0.3 is 10.1 Å². The molecule has 2 bridgehead atoms. The molecule has 1 aromatic heterocycles. The van der Waals surface area contributed by atoms with E-state index < -0.39 is 0 Å². The first-order valence-corrected chi connectivity index (χ1v) is 7.22. The lowest BCUT2D eigenvalue weighted by Crippen LogP contribution is -2.28. The fourth-order valence-corrected chi connectivity index (χ4v) is 3.51. The van der Waals surface area contributed by atoms with Crippen LogP contribution in [0.1, 0.15) is 19.8 Å². The summed E-state index contributed by atoms with van der Waals surface area (Å²) in [6, 6.07) is 0.514. The van der Waals surface area contributed by atoms with E-state index >= 15 is 0 Å². The molecule has 4 unspecified atom stereocenters. The van der Waals surface area contributed by atoms with Gasteiger partial charge in [0.15, 0.2) is 0 Å². The molecule has 1 fully saturated rings. The predicted octanol–water partition coefficient (Wildman–Crippen LogP) is 2.54. The maximum Gasteiger partial charge on any atom is 0.0728 e. The van der Waals surface area contributed by atoms with Crippen LogP contribution in [0.2, 0.25) is 0 Å². The number of nitrogens with zero attached hydrogens (tertiary/aromatic N) is 2. The molecule has 3 rings (SSSR count). The molecule has 104 valence electrons. The summed E-state index contributed by atoms with van der Waals surface area (Å²) in [6.45, 7) is 3.81. The normalized spacial score (nSPS) is 29.9. The maximum absolute atomic E-state index is 5.06. The number of hydrogen-bond acceptors (Lipinski definition) is 3. The van der Waals surface area contributed by atoms with Crippen molar-refractivity contribution in [2.75, 3.05) is 19.0 Å². The first-order valence-electron chi connectivity index (χ1n) is 7.22. The van der Waals surface area contributed by atoms with Gasteiger partial charge in [0, 0.05) is 19.3 Å². The van der Waals surface area contributed by atoms with Gasteiger partial charge in [0.05, 0.1) is 25.0 Å². The predicted molar refractivity (Wildman–Crippen MR) is 76.0 cm³/mol. The van der Waals surface area contributed by atoms with Gasteiger partial charge >= 0.3 is 0 Å². The van der Waals surface area contributed by atoms with Crippen LogP contribution in [0.3, 0.4) is 0 Å². The van der Waals surface area contributed by atoms with Crippen LogP contribution >= 0.6 is 0 Å². The van der Waals surface area contributed by atoms with E-state index in [1.807, 2.05) is 10.9 Å². The first kappa shape index (κ1) is 12.7. The van der Waals surface area contributed by atoms with Gasteiger partial charge in [-0.25, -0.2) is 0 Å². The minimum absolute atomic E-state index is 0.514. The molecule has 1 aromatic rings. The second-order valence-electron chi connectivity index (χ2n) is 5.86. The Balaban J connectivity index is 1.56. The Kier molecular flexibility index (Phi) is 3.60. The number of hydrogen-bond donors (Lipinski definition) is 1. The standard InChI is InChI=1S/C15H23N3O/c1-11(15-8-12-3-4-13(15)7-12)17-14-9-16-18(10-14)5-6-19-2/h3-4,9-13,15,17H,5-8H2,1-2H3. The summed E-state index contributed by atoms with van der Waals surface area (Å²) < 4.78 is 6.99. The summed E-state index contributed by atoms with van der Waals surface area (Å²) in [6.07, 6.45) is 11.5. The van der Waals surface area contributed by atoms with E-state index in [1.165, 1.54) is 12.8 Å². The number of rotatable bonds is 6. The van der Waals surface area contributed by atoms with Crippen molar-refractivity contribution in [3.63, 3.8) is 0 Å². The highest BCUT2D eigenvalue weighted by molar-refractivity contribution is 5.39. The van der Waals surface area contributed by atoms with E-state index in [0.717, 1.165) is 30.0 Å². The monoisotopic (exact) mass is 261 g/mol. The third-order valence-electron chi connectivity index (χ3n) is 4.52. The minimum atomic E-state index is 0.514. The average molecular weight is 261 g/mol. The summed E-state index contributed by atoms with van der Waals surface area (Å²) >= 11 is 0. The molecule has 1 saturated carbocycles. The fourth-order valence-electron chi connectivity index (χ4n) is 3.51. The van der Waals surface area contributed by atoms with E-state index in [0.29, 0.717) is 12.6 Å². The highest BCUT2D eigenvalue weighted by Crippen LogP contribution is 2.45. The minimum Gasteiger partial charge on any atom is -0.383 e. The van der Waals surface area contributed by atoms with Gasteiger partial charge in [0.1, 0.15) is 0 Å². The summed E-state index contributed by atoms with van der Waals surface area (Å²) in [5.74, 6) is 2.40. The second kappa shape index (κ2) is 5.37. The Morgan fingerprint density at radius 3 is 3.05 bits per heavy atom. The lowest BCUT2D eigenvalue weighted by atomic mass is 9.87.